The third kappa shape index (κ3) is 4.73. The minimum absolute atomic E-state index is 0.441. The molecule has 26 heavy (non-hydrogen) atoms. The zero-order valence-corrected chi connectivity index (χ0v) is 16.5. The number of nitrogens with zero attached hydrogens (tertiary/aromatic N) is 1. The van der Waals surface area contributed by atoms with Gasteiger partial charge in [-0.2, -0.15) is 0 Å². The van der Waals surface area contributed by atoms with Gasteiger partial charge in [0.2, 0.25) is 0 Å². The van der Waals surface area contributed by atoms with Crippen LogP contribution in [0.25, 0.3) is 0 Å². The van der Waals surface area contributed by atoms with Crippen LogP contribution in [0.15, 0.2) is 53.0 Å². The Morgan fingerprint density at radius 2 is 1.81 bits per heavy atom. The van der Waals surface area contributed by atoms with Crippen molar-refractivity contribution in [2.75, 3.05) is 18.4 Å². The molecule has 1 N–H and O–H groups in total. The molecule has 136 valence electrons. The van der Waals surface area contributed by atoms with Crippen LogP contribution in [0, 0.1) is 12.8 Å². The highest BCUT2D eigenvalue weighted by Gasteiger charge is 2.27. The molecule has 4 nitrogen and oxygen atoms in total. The fourth-order valence-electron chi connectivity index (χ4n) is 3.34. The number of nitrogens with one attached hydrogen (secondary N) is 1. The smallest absolute Gasteiger partial charge is 0.313 e. The zero-order valence-electron chi connectivity index (χ0n) is 14.9. The Labute approximate surface area is 162 Å². The van der Waals surface area contributed by atoms with Crippen LogP contribution in [0.1, 0.15) is 24.0 Å². The summed E-state index contributed by atoms with van der Waals surface area (Å²) in [4.78, 5) is 26.4. The summed E-state index contributed by atoms with van der Waals surface area (Å²) in [5, 5.41) is 2.71. The molecule has 0 radical (unpaired) electrons. The van der Waals surface area contributed by atoms with Crippen molar-refractivity contribution in [2.45, 2.75) is 26.2 Å². The van der Waals surface area contributed by atoms with Crippen molar-refractivity contribution in [3.05, 3.63) is 64.1 Å². The Hall–Kier alpha value is -2.14. The molecule has 1 aliphatic heterocycles. The minimum Gasteiger partial charge on any atom is -0.334 e. The summed E-state index contributed by atoms with van der Waals surface area (Å²) in [5.74, 6) is -0.435. The van der Waals surface area contributed by atoms with Crippen molar-refractivity contribution in [3.63, 3.8) is 0 Å². The van der Waals surface area contributed by atoms with E-state index < -0.39 is 11.8 Å². The first-order chi connectivity index (χ1) is 12.5. The number of likely N-dealkylation sites (tertiary alicyclic amines) is 1. The van der Waals surface area contributed by atoms with Gasteiger partial charge in [-0.15, -0.1) is 0 Å². The van der Waals surface area contributed by atoms with E-state index in [4.69, 9.17) is 0 Å². The van der Waals surface area contributed by atoms with Crippen LogP contribution in [0.4, 0.5) is 5.69 Å². The predicted molar refractivity (Wildman–Crippen MR) is 107 cm³/mol. The molecule has 0 bridgehead atoms. The zero-order chi connectivity index (χ0) is 18.5. The van der Waals surface area contributed by atoms with E-state index in [2.05, 4.69) is 45.5 Å². The minimum atomic E-state index is -0.562. The van der Waals surface area contributed by atoms with Crippen molar-refractivity contribution < 1.29 is 9.59 Å². The fraction of sp³-hybridized carbons (Fsp3) is 0.333. The number of hydrogen-bond acceptors (Lipinski definition) is 2. The first-order valence-corrected chi connectivity index (χ1v) is 9.72. The van der Waals surface area contributed by atoms with E-state index in [9.17, 15) is 9.59 Å². The monoisotopic (exact) mass is 414 g/mol. The topological polar surface area (TPSA) is 49.4 Å². The highest BCUT2D eigenvalue weighted by molar-refractivity contribution is 9.10. The summed E-state index contributed by atoms with van der Waals surface area (Å²) in [6.45, 7) is 3.23. The van der Waals surface area contributed by atoms with Gasteiger partial charge in [-0.1, -0.05) is 46.3 Å². The summed E-state index contributed by atoms with van der Waals surface area (Å²) in [7, 11) is 0. The maximum absolute atomic E-state index is 12.4. The normalized spacial score (nSPS) is 14.9. The van der Waals surface area contributed by atoms with Crippen LogP contribution in [0.3, 0.4) is 0 Å². The summed E-state index contributed by atoms with van der Waals surface area (Å²) in [5.41, 5.74) is 2.99. The lowest BCUT2D eigenvalue weighted by atomic mass is 9.90. The molecule has 0 aliphatic carbocycles. The van der Waals surface area contributed by atoms with Crippen LogP contribution in [-0.4, -0.2) is 29.8 Å². The van der Waals surface area contributed by atoms with E-state index in [1.54, 1.807) is 11.0 Å². The van der Waals surface area contributed by atoms with Gasteiger partial charge < -0.3 is 10.2 Å². The van der Waals surface area contributed by atoms with Crippen molar-refractivity contribution in [2.24, 2.45) is 5.92 Å². The van der Waals surface area contributed by atoms with Crippen LogP contribution in [0.5, 0.6) is 0 Å². The first-order valence-electron chi connectivity index (χ1n) is 8.93. The van der Waals surface area contributed by atoms with Gasteiger partial charge in [-0.3, -0.25) is 9.59 Å². The molecular formula is C21H23BrN2O2. The molecule has 1 saturated heterocycles. The molecule has 0 atom stereocenters. The molecule has 1 aliphatic rings. The Kier molecular flexibility index (Phi) is 6.09. The maximum atomic E-state index is 12.4. The van der Waals surface area contributed by atoms with Gasteiger partial charge in [0.05, 0.1) is 0 Å². The number of anilines is 1. The molecule has 0 spiro atoms. The summed E-state index contributed by atoms with van der Waals surface area (Å²) < 4.78 is 0.974. The molecule has 2 aromatic rings. The molecule has 5 heteroatoms. The number of amides is 2. The summed E-state index contributed by atoms with van der Waals surface area (Å²) in [6.07, 6.45) is 2.91. The number of carbonyl (C=O) groups excluding carboxylic acids is 2. The maximum Gasteiger partial charge on any atom is 0.313 e. The Morgan fingerprint density at radius 1 is 1.12 bits per heavy atom. The van der Waals surface area contributed by atoms with E-state index in [0.717, 1.165) is 29.3 Å². The highest BCUT2D eigenvalue weighted by atomic mass is 79.9. The second-order valence-electron chi connectivity index (χ2n) is 6.84. The third-order valence-electron chi connectivity index (χ3n) is 4.88. The highest BCUT2D eigenvalue weighted by Crippen LogP contribution is 2.23. The van der Waals surface area contributed by atoms with Crippen molar-refractivity contribution in [3.8, 4) is 0 Å². The van der Waals surface area contributed by atoms with E-state index in [1.807, 2.05) is 25.1 Å². The molecule has 1 fully saturated rings. The number of halogens is 1. The Balaban J connectivity index is 1.51. The molecule has 0 saturated carbocycles. The van der Waals surface area contributed by atoms with Crippen LogP contribution in [0.2, 0.25) is 0 Å². The van der Waals surface area contributed by atoms with Crippen LogP contribution >= 0.6 is 15.9 Å². The standard InChI is InChI=1S/C21H23BrN2O2/c1-15-13-18(7-8-19(15)22)23-20(25)21(26)24-11-9-17(10-12-24)14-16-5-3-2-4-6-16/h2-8,13,17H,9-12,14H2,1H3,(H,23,25). The molecule has 3 rings (SSSR count). The summed E-state index contributed by atoms with van der Waals surface area (Å²) >= 11 is 3.43. The van der Waals surface area contributed by atoms with Gasteiger partial charge in [-0.05, 0) is 61.4 Å². The third-order valence-corrected chi connectivity index (χ3v) is 5.77. The van der Waals surface area contributed by atoms with Gasteiger partial charge in [0.15, 0.2) is 0 Å². The van der Waals surface area contributed by atoms with Gasteiger partial charge in [0.1, 0.15) is 0 Å². The van der Waals surface area contributed by atoms with Gasteiger partial charge in [-0.25, -0.2) is 0 Å². The fourth-order valence-corrected chi connectivity index (χ4v) is 3.58. The molecule has 1 heterocycles. The van der Waals surface area contributed by atoms with Crippen LogP contribution in [-0.2, 0) is 16.0 Å². The molecule has 2 amide bonds. The van der Waals surface area contributed by atoms with Gasteiger partial charge >= 0.3 is 11.8 Å². The van der Waals surface area contributed by atoms with E-state index in [-0.39, 0.29) is 0 Å². The largest absolute Gasteiger partial charge is 0.334 e. The lowest BCUT2D eigenvalue weighted by molar-refractivity contribution is -0.144. The number of benzene rings is 2. The Morgan fingerprint density at radius 3 is 2.46 bits per heavy atom. The number of carbonyl (C=O) groups is 2. The van der Waals surface area contributed by atoms with Crippen molar-refractivity contribution >= 4 is 33.4 Å². The van der Waals surface area contributed by atoms with E-state index in [0.29, 0.717) is 24.7 Å². The van der Waals surface area contributed by atoms with Gasteiger partial charge in [0.25, 0.3) is 0 Å². The lowest BCUT2D eigenvalue weighted by Gasteiger charge is -2.31. The summed E-state index contributed by atoms with van der Waals surface area (Å²) in [6, 6.07) is 15.9. The first kappa shape index (κ1) is 18.6. The lowest BCUT2D eigenvalue weighted by Crippen LogP contribution is -2.44. The van der Waals surface area contributed by atoms with Crippen molar-refractivity contribution in [1.82, 2.24) is 4.90 Å². The molecular weight excluding hydrogens is 392 g/mol. The number of hydrogen-bond donors (Lipinski definition) is 1. The average molecular weight is 415 g/mol. The molecule has 2 aromatic carbocycles. The van der Waals surface area contributed by atoms with Gasteiger partial charge in [0, 0.05) is 23.2 Å². The quantitative estimate of drug-likeness (QED) is 0.765. The van der Waals surface area contributed by atoms with E-state index in [1.165, 1.54) is 5.56 Å². The number of piperidine rings is 1. The second-order valence-corrected chi connectivity index (χ2v) is 7.70. The molecule has 0 unspecified atom stereocenters. The van der Waals surface area contributed by atoms with Crippen molar-refractivity contribution in [1.29, 1.82) is 0 Å². The Bertz CT molecular complexity index is 784. The number of rotatable bonds is 3. The average Bonchev–Trinajstić information content (AvgIpc) is 2.65. The number of aryl methyl sites for hydroxylation is 1. The molecule has 0 aromatic heterocycles. The second kappa shape index (κ2) is 8.49. The predicted octanol–water partition coefficient (Wildman–Crippen LogP) is 4.18. The van der Waals surface area contributed by atoms with E-state index >= 15 is 0 Å². The van der Waals surface area contributed by atoms with Crippen LogP contribution < -0.4 is 5.32 Å². The SMILES string of the molecule is Cc1cc(NC(=O)C(=O)N2CCC(Cc3ccccc3)CC2)ccc1Br.